The van der Waals surface area contributed by atoms with Crippen molar-refractivity contribution in [2.75, 3.05) is 10.6 Å². The number of hydrogen-bond donors (Lipinski definition) is 5. The third kappa shape index (κ3) is 3.69. The van der Waals surface area contributed by atoms with Gasteiger partial charge in [0.05, 0.1) is 29.0 Å². The first-order valence-corrected chi connectivity index (χ1v) is 14.9. The third-order valence-electron chi connectivity index (χ3n) is 10.0. The Labute approximate surface area is 259 Å². The molecule has 0 radical (unpaired) electrons. The number of aromatic hydroxyl groups is 1. The van der Waals surface area contributed by atoms with Crippen molar-refractivity contribution in [3.05, 3.63) is 112 Å². The summed E-state index contributed by atoms with van der Waals surface area (Å²) in [6.45, 7) is 2.24. The number of phenols is 1. The number of rotatable bonds is 4. The fraction of sp³-hybridized carbons (Fsp3) is 0.211. The number of carbonyl (C=O) groups excluding carboxylic acids is 2. The number of aliphatic hydroxyl groups is 2. The van der Waals surface area contributed by atoms with Gasteiger partial charge in [-0.1, -0.05) is 54.0 Å². The molecule has 1 fully saturated rings. The first kappa shape index (κ1) is 27.2. The molecule has 7 heteroatoms. The highest BCUT2D eigenvalue weighted by atomic mass is 16.3. The summed E-state index contributed by atoms with van der Waals surface area (Å²) in [6, 6.07) is 20.0. The van der Waals surface area contributed by atoms with Crippen molar-refractivity contribution in [3.8, 4) is 29.4 Å². The Bertz CT molecular complexity index is 2150. The largest absolute Gasteiger partial charge is 0.507 e. The van der Waals surface area contributed by atoms with Gasteiger partial charge < -0.3 is 26.0 Å². The summed E-state index contributed by atoms with van der Waals surface area (Å²) in [4.78, 5) is 28.5. The van der Waals surface area contributed by atoms with Crippen molar-refractivity contribution in [2.24, 2.45) is 5.41 Å². The lowest BCUT2D eigenvalue weighted by molar-refractivity contribution is 0.0603. The molecule has 220 valence electrons. The SMILES string of the molecule is C[C@@H](O)[C@@]12C[C@]13c1cc(O)c4c(c1N[C@H]2C#C/C=C\C#C[C@H]3O)C(=O)c1cc2ccc(CNc3ccccc3)cc2cc1C4=O. The maximum atomic E-state index is 14.4. The van der Waals surface area contributed by atoms with Crippen LogP contribution < -0.4 is 10.6 Å². The molecule has 1 saturated carbocycles. The van der Waals surface area contributed by atoms with Gasteiger partial charge in [0.2, 0.25) is 0 Å². The third-order valence-corrected chi connectivity index (χ3v) is 10.0. The number of hydrogen-bond acceptors (Lipinski definition) is 7. The molecule has 2 bridgehead atoms. The number of carbonyl (C=O) groups is 2. The van der Waals surface area contributed by atoms with Crippen LogP contribution >= 0.6 is 0 Å². The second kappa shape index (κ2) is 9.58. The standard InChI is InChI=1S/C38H28N2O5/c1-21(41)37-20-38(37)28-18-29(42)32-33(34(28)40-30(37)11-7-2-3-8-12-31(38)43)36(45)26-16-23-14-13-22(15-24(23)17-27(26)35(32)44)19-39-25-9-5-4-6-10-25/h2-6,9-10,13-18,21,30-31,39-43H,19-20H2,1H3/b3-2-/t21-,30+,31-,37-,38-/m1/s1. The van der Waals surface area contributed by atoms with Gasteiger partial charge in [-0.05, 0) is 83.8 Å². The van der Waals surface area contributed by atoms with Crippen molar-refractivity contribution >= 4 is 33.7 Å². The van der Waals surface area contributed by atoms with Crippen molar-refractivity contribution in [1.29, 1.82) is 0 Å². The molecule has 5 atom stereocenters. The number of fused-ring (bicyclic) bond motifs is 5. The predicted molar refractivity (Wildman–Crippen MR) is 171 cm³/mol. The Morgan fingerprint density at radius 2 is 1.64 bits per heavy atom. The molecule has 7 nitrogen and oxygen atoms in total. The van der Waals surface area contributed by atoms with Crippen molar-refractivity contribution in [2.45, 2.75) is 43.6 Å². The number of anilines is 2. The number of phenolic OH excluding ortho intramolecular Hbond substituents is 1. The van der Waals surface area contributed by atoms with Crippen molar-refractivity contribution in [1.82, 2.24) is 0 Å². The molecule has 3 aliphatic carbocycles. The number of para-hydroxylation sites is 1. The summed E-state index contributed by atoms with van der Waals surface area (Å²) in [5.74, 6) is 10.6. The molecule has 4 aliphatic rings. The monoisotopic (exact) mass is 592 g/mol. The fourth-order valence-electron chi connectivity index (χ4n) is 7.78. The predicted octanol–water partition coefficient (Wildman–Crippen LogP) is 4.67. The van der Waals surface area contributed by atoms with E-state index in [2.05, 4.69) is 34.3 Å². The highest BCUT2D eigenvalue weighted by Gasteiger charge is 2.79. The quantitative estimate of drug-likeness (QED) is 0.152. The minimum absolute atomic E-state index is 0.0514. The maximum Gasteiger partial charge on any atom is 0.198 e. The highest BCUT2D eigenvalue weighted by molar-refractivity contribution is 6.32. The van der Waals surface area contributed by atoms with Crippen LogP contribution in [0.25, 0.3) is 10.8 Å². The molecule has 5 N–H and O–H groups in total. The van der Waals surface area contributed by atoms with Gasteiger partial charge in [-0.3, -0.25) is 9.59 Å². The Morgan fingerprint density at radius 3 is 2.40 bits per heavy atom. The van der Waals surface area contributed by atoms with Crippen molar-refractivity contribution < 1.29 is 24.9 Å². The molecular weight excluding hydrogens is 564 g/mol. The van der Waals surface area contributed by atoms with E-state index in [1.165, 1.54) is 6.07 Å². The Hall–Kier alpha value is -5.34. The van der Waals surface area contributed by atoms with Gasteiger partial charge in [0.15, 0.2) is 11.6 Å². The van der Waals surface area contributed by atoms with Gasteiger partial charge in [0.1, 0.15) is 11.9 Å². The van der Waals surface area contributed by atoms with Crippen LogP contribution in [0.15, 0.2) is 78.9 Å². The number of ketones is 2. The first-order valence-electron chi connectivity index (χ1n) is 14.9. The molecule has 4 aromatic rings. The van der Waals surface area contributed by atoms with Gasteiger partial charge in [0, 0.05) is 34.2 Å². The molecule has 45 heavy (non-hydrogen) atoms. The number of allylic oxidation sites excluding steroid dienone is 2. The lowest BCUT2D eigenvalue weighted by Gasteiger charge is -2.42. The molecule has 0 saturated heterocycles. The van der Waals surface area contributed by atoms with Crippen LogP contribution in [0, 0.1) is 29.1 Å². The van der Waals surface area contributed by atoms with E-state index in [0.717, 1.165) is 22.0 Å². The van der Waals surface area contributed by atoms with Crippen LogP contribution in [-0.4, -0.2) is 45.1 Å². The highest BCUT2D eigenvalue weighted by Crippen LogP contribution is 2.74. The molecular formula is C38H28N2O5. The lowest BCUT2D eigenvalue weighted by Crippen LogP contribution is -2.50. The molecule has 1 heterocycles. The van der Waals surface area contributed by atoms with Gasteiger partial charge in [0.25, 0.3) is 0 Å². The van der Waals surface area contributed by atoms with E-state index in [-0.39, 0.29) is 28.0 Å². The smallest absolute Gasteiger partial charge is 0.198 e. The number of benzene rings is 4. The fourth-order valence-corrected chi connectivity index (χ4v) is 7.78. The van der Waals surface area contributed by atoms with E-state index in [9.17, 15) is 24.9 Å². The molecule has 8 rings (SSSR count). The molecule has 1 aliphatic heterocycles. The summed E-state index contributed by atoms with van der Waals surface area (Å²) >= 11 is 0. The molecule has 0 unspecified atom stereocenters. The van der Waals surface area contributed by atoms with E-state index in [1.54, 1.807) is 31.2 Å². The second-order valence-corrected chi connectivity index (χ2v) is 12.3. The molecule has 0 amide bonds. The zero-order chi connectivity index (χ0) is 31.1. The summed E-state index contributed by atoms with van der Waals surface area (Å²) in [5.41, 5.74) is 1.20. The zero-order valence-electron chi connectivity index (χ0n) is 24.3. The van der Waals surface area contributed by atoms with Crippen LogP contribution in [-0.2, 0) is 12.0 Å². The van der Waals surface area contributed by atoms with Crippen molar-refractivity contribution in [3.63, 3.8) is 0 Å². The van der Waals surface area contributed by atoms with Gasteiger partial charge in [-0.2, -0.15) is 0 Å². The molecule has 0 spiro atoms. The summed E-state index contributed by atoms with van der Waals surface area (Å²) in [7, 11) is 0. The van der Waals surface area contributed by atoms with Crippen LogP contribution in [0.4, 0.5) is 11.4 Å². The van der Waals surface area contributed by atoms with Gasteiger partial charge >= 0.3 is 0 Å². The average Bonchev–Trinajstić information content (AvgIpc) is 3.78. The van der Waals surface area contributed by atoms with Crippen LogP contribution in [0.1, 0.15) is 56.3 Å². The van der Waals surface area contributed by atoms with Crippen LogP contribution in [0.2, 0.25) is 0 Å². The Morgan fingerprint density at radius 1 is 0.933 bits per heavy atom. The second-order valence-electron chi connectivity index (χ2n) is 12.3. The number of aliphatic hydroxyl groups excluding tert-OH is 2. The minimum atomic E-state index is -1.21. The van der Waals surface area contributed by atoms with E-state index in [4.69, 9.17) is 0 Å². The van der Waals surface area contributed by atoms with Gasteiger partial charge in [-0.25, -0.2) is 0 Å². The molecule has 0 aromatic heterocycles. The van der Waals surface area contributed by atoms with Crippen LogP contribution in [0.3, 0.4) is 0 Å². The van der Waals surface area contributed by atoms with Crippen LogP contribution in [0.5, 0.6) is 5.75 Å². The molecule has 4 aromatic carbocycles. The van der Waals surface area contributed by atoms with E-state index in [0.29, 0.717) is 24.2 Å². The summed E-state index contributed by atoms with van der Waals surface area (Å²) in [6.07, 6.45) is 1.35. The van der Waals surface area contributed by atoms with Gasteiger partial charge in [-0.15, -0.1) is 0 Å². The minimum Gasteiger partial charge on any atom is -0.507 e. The van der Waals surface area contributed by atoms with E-state index < -0.39 is 40.6 Å². The first-order chi connectivity index (χ1) is 21.8. The maximum absolute atomic E-state index is 14.4. The lowest BCUT2D eigenvalue weighted by atomic mass is 9.69. The number of nitrogens with one attached hydrogen (secondary N) is 2. The van der Waals surface area contributed by atoms with E-state index in [1.807, 2.05) is 48.5 Å². The Balaban J connectivity index is 1.26. The normalized spacial score (nSPS) is 26.3. The summed E-state index contributed by atoms with van der Waals surface area (Å²) in [5, 5.41) is 42.3. The Kier molecular flexibility index (Phi) is 5.80. The topological polar surface area (TPSA) is 119 Å². The zero-order valence-corrected chi connectivity index (χ0v) is 24.3. The summed E-state index contributed by atoms with van der Waals surface area (Å²) < 4.78 is 0. The van der Waals surface area contributed by atoms with E-state index >= 15 is 0 Å². The average molecular weight is 593 g/mol.